The summed E-state index contributed by atoms with van der Waals surface area (Å²) in [6.45, 7) is 5.46. The quantitative estimate of drug-likeness (QED) is 0.00969. The van der Waals surface area contributed by atoms with Crippen molar-refractivity contribution in [1.29, 1.82) is 21.6 Å². The second kappa shape index (κ2) is 50.0. The summed E-state index contributed by atoms with van der Waals surface area (Å²) >= 11 is 7.97. The van der Waals surface area contributed by atoms with Crippen molar-refractivity contribution >= 4 is 159 Å². The van der Waals surface area contributed by atoms with Crippen molar-refractivity contribution in [3.05, 3.63) is 60.7 Å². The number of phenolic OH excluding ortho intramolecular Hbond substituents is 1. The van der Waals surface area contributed by atoms with E-state index in [1.807, 2.05) is 45.2 Å². The van der Waals surface area contributed by atoms with Gasteiger partial charge in [-0.05, 0) is 132 Å². The van der Waals surface area contributed by atoms with Gasteiger partial charge in [0, 0.05) is 44.8 Å². The Morgan fingerprint density at radius 1 is 0.477 bits per heavy atom. The van der Waals surface area contributed by atoms with Crippen LogP contribution in [0, 0.1) is 40.6 Å². The highest BCUT2D eigenvalue weighted by atomic mass is 127. The molecule has 0 saturated heterocycles. The van der Waals surface area contributed by atoms with Gasteiger partial charge in [0.25, 0.3) is 0 Å². The summed E-state index contributed by atoms with van der Waals surface area (Å²) in [5, 5.41) is 88.4. The Bertz CT molecular complexity index is 3380. The van der Waals surface area contributed by atoms with Crippen LogP contribution in [-0.4, -0.2) is 217 Å². The summed E-state index contributed by atoms with van der Waals surface area (Å²) in [6.07, 6.45) is 1.45. The van der Waals surface area contributed by atoms with Crippen LogP contribution >= 0.6 is 57.8 Å². The van der Waals surface area contributed by atoms with Gasteiger partial charge in [-0.15, -0.1) is 0 Å². The standard InChI is InChI=1S/C65H103I2N24O15S/c1-5-33(3)50(60(105)87-44(26-35-14-8-7-9-15-35)57(102)83-37(31-92)16-10-20-77-62(69)70)91-56(101)42(19-13-23-80-65(75)76)85-58(103)45(28-49(95)96)88-61(106)51(34(4)6-2)90-55(100)41(18-12-22-79-64(73)74)84-48(94)30-81-47(93)29-82-54(99)43(27-36-24-38(66)52(97)39(67)25-36)86-59(104)46(32-107)89-53(98)40(68)17-11-21-78-63(71)72/h7-9,14-15,24-25,33-34,37,40-46,50-51,97,107H,5-6,10-13,16-23,26-30,32,68H2,1-4H3,(H,81,93)(H,82,99)(H,83,102)(H,84,94)(H,85,103)(H,86,104)(H,87,105)(H,88,106)(H,89,98)(H,90,100)(H,91,101)(H,95,96)(H4,69,70,77)(H4,71,72,78)(H4,73,74,79)(H4,75,76,80)/t33-,34-,37-,40-,41-,42-,43-,44-,45-,46-,50-,51-/m0/s1. The maximum Gasteiger partial charge on any atom is 0.305 e. The molecule has 39 nitrogen and oxygen atoms in total. The van der Waals surface area contributed by atoms with Crippen molar-refractivity contribution in [3.63, 3.8) is 0 Å². The number of carbonyl (C=O) groups is 12. The number of thiol groups is 1. The maximum atomic E-state index is 14.5. The Morgan fingerprint density at radius 3 is 1.34 bits per heavy atom. The van der Waals surface area contributed by atoms with E-state index in [2.05, 4.69) is 92.4 Å². The lowest BCUT2D eigenvalue weighted by molar-refractivity contribution is -0.142. The van der Waals surface area contributed by atoms with Crippen molar-refractivity contribution in [1.82, 2.24) is 79.8 Å². The molecule has 2 aromatic rings. The number of amides is 11. The van der Waals surface area contributed by atoms with E-state index in [4.69, 9.17) is 50.3 Å². The molecule has 2 rings (SSSR count). The van der Waals surface area contributed by atoms with Crippen LogP contribution in [-0.2, 0) is 75.2 Å². The van der Waals surface area contributed by atoms with Gasteiger partial charge in [0.1, 0.15) is 54.1 Å². The fourth-order valence-corrected chi connectivity index (χ4v) is 12.2. The Kier molecular flexibility index (Phi) is 43.7. The highest BCUT2D eigenvalue weighted by molar-refractivity contribution is 14.1. The van der Waals surface area contributed by atoms with E-state index in [1.165, 1.54) is 0 Å². The van der Waals surface area contributed by atoms with Gasteiger partial charge in [-0.1, -0.05) is 70.9 Å². The number of aromatic hydroxyl groups is 1. The highest BCUT2D eigenvalue weighted by Crippen LogP contribution is 2.28. The predicted octanol–water partition coefficient (Wildman–Crippen LogP) is -5.03. The Labute approximate surface area is 652 Å². The number of rotatable bonds is 50. The molecule has 1 radical (unpaired) electrons. The SMILES string of the molecule is CC[C@H](C)[C@H](NC(=O)[C@H](CCCNC(=N)N)NC(=O)[C@H](CC(=O)O)NC(=O)[C@@H](NC(=O)[C@H](CCCNC(=N)N)NC(=O)CNC(=O)CNC(=O)[C@H](Cc1cc(I)c(O)c(I)c1)NC(=O)[C@H](CS)NC(=O)[C@@H](N)CCCNC(=N)N)[C@@H](C)CC)C(=O)N[C@@H](Cc1ccccc1)C(=O)N[C@H]([C]=O)CCCNC(=N)N. The topological polar surface area (TPSA) is 668 Å². The third-order valence-corrected chi connectivity index (χ3v) is 18.4. The predicted molar refractivity (Wildman–Crippen MR) is 416 cm³/mol. The van der Waals surface area contributed by atoms with Crippen LogP contribution in [0.2, 0.25) is 0 Å². The van der Waals surface area contributed by atoms with Gasteiger partial charge in [0.05, 0.1) is 38.7 Å². The first-order valence-electron chi connectivity index (χ1n) is 34.3. The minimum atomic E-state index is -1.95. The van der Waals surface area contributed by atoms with Gasteiger partial charge in [-0.2, -0.15) is 12.6 Å². The Hall–Kier alpha value is -9.60. The summed E-state index contributed by atoms with van der Waals surface area (Å²) in [5.41, 5.74) is 28.7. The minimum Gasteiger partial charge on any atom is -0.506 e. The molecule has 0 unspecified atom stereocenters. The number of hydrogen-bond donors (Lipinski definition) is 27. The Balaban J connectivity index is 2.42. The van der Waals surface area contributed by atoms with Crippen LogP contribution in [0.4, 0.5) is 0 Å². The molecule has 0 aliphatic carbocycles. The number of guanidine groups is 4. The van der Waals surface area contributed by atoms with Gasteiger partial charge >= 0.3 is 5.97 Å². The number of phenols is 1. The molecule has 31 N–H and O–H groups in total. The van der Waals surface area contributed by atoms with E-state index in [1.54, 1.807) is 76.4 Å². The lowest BCUT2D eigenvalue weighted by Crippen LogP contribution is -2.61. The molecule has 0 heterocycles. The number of carboxylic acid groups (broad SMARTS) is 1. The molecule has 0 aliphatic rings. The number of carboxylic acids is 1. The smallest absolute Gasteiger partial charge is 0.305 e. The van der Waals surface area contributed by atoms with Crippen molar-refractivity contribution in [2.24, 2.45) is 40.5 Å². The Morgan fingerprint density at radius 2 is 0.869 bits per heavy atom. The zero-order valence-corrected chi connectivity index (χ0v) is 65.1. The molecule has 0 saturated carbocycles. The summed E-state index contributed by atoms with van der Waals surface area (Å²) < 4.78 is 0.833. The molecule has 0 bridgehead atoms. The van der Waals surface area contributed by atoms with E-state index in [-0.39, 0.29) is 114 Å². The maximum absolute atomic E-state index is 14.5. The van der Waals surface area contributed by atoms with E-state index >= 15 is 0 Å². The highest BCUT2D eigenvalue weighted by Gasteiger charge is 2.38. The van der Waals surface area contributed by atoms with Crippen LogP contribution in [0.1, 0.15) is 109 Å². The first-order chi connectivity index (χ1) is 50.5. The number of hydrogen-bond acceptors (Lipinski definition) is 20. The zero-order chi connectivity index (χ0) is 80.5. The third-order valence-electron chi connectivity index (χ3n) is 16.4. The number of nitrogens with two attached hydrogens (primary N) is 5. The number of aliphatic carboxylic acids is 1. The number of halogens is 2. The van der Waals surface area contributed by atoms with Gasteiger partial charge in [0.2, 0.25) is 71.3 Å². The first-order valence-corrected chi connectivity index (χ1v) is 37.1. The van der Waals surface area contributed by atoms with E-state index in [0.29, 0.717) is 31.1 Å². The summed E-state index contributed by atoms with van der Waals surface area (Å²) in [5.74, 6) is -14.9. The van der Waals surface area contributed by atoms with Crippen molar-refractivity contribution < 1.29 is 72.5 Å². The fraction of sp³-hybridized carbons (Fsp3) is 0.554. The zero-order valence-electron chi connectivity index (χ0n) is 59.9. The monoisotopic (exact) mass is 1750 g/mol. The fourth-order valence-electron chi connectivity index (χ4n) is 10.1. The van der Waals surface area contributed by atoms with Crippen LogP contribution in [0.25, 0.3) is 0 Å². The normalized spacial score (nSPS) is 14.2. The van der Waals surface area contributed by atoms with Crippen molar-refractivity contribution in [2.45, 2.75) is 172 Å². The molecule has 107 heavy (non-hydrogen) atoms. The van der Waals surface area contributed by atoms with Gasteiger partial charge in [-0.25, -0.2) is 0 Å². The van der Waals surface area contributed by atoms with E-state index in [0.717, 1.165) is 0 Å². The molecular weight excluding hydrogens is 1640 g/mol. The van der Waals surface area contributed by atoms with E-state index < -0.39 is 175 Å². The number of carbonyl (C=O) groups excluding carboxylic acids is 12. The molecule has 0 fully saturated rings. The van der Waals surface area contributed by atoms with Gasteiger partial charge in [-0.3, -0.25) is 84.0 Å². The van der Waals surface area contributed by atoms with Crippen LogP contribution in [0.3, 0.4) is 0 Å². The van der Waals surface area contributed by atoms with Crippen LogP contribution < -0.4 is 108 Å². The van der Waals surface area contributed by atoms with E-state index in [9.17, 15) is 72.5 Å². The number of benzene rings is 2. The molecule has 0 aliphatic heterocycles. The molecule has 0 aromatic heterocycles. The minimum absolute atomic E-state index is 0.0113. The average molecular weight is 1750 g/mol. The largest absolute Gasteiger partial charge is 0.506 e. The lowest BCUT2D eigenvalue weighted by Gasteiger charge is -2.30. The van der Waals surface area contributed by atoms with Crippen LogP contribution in [0.5, 0.6) is 5.75 Å². The average Bonchev–Trinajstić information content (AvgIpc) is 0.853. The van der Waals surface area contributed by atoms with Crippen molar-refractivity contribution in [2.75, 3.05) is 45.0 Å². The second-order valence-corrected chi connectivity index (χ2v) is 27.7. The van der Waals surface area contributed by atoms with Crippen LogP contribution in [0.15, 0.2) is 42.5 Å². The molecule has 2 aromatic carbocycles. The molecule has 42 heteroatoms. The third kappa shape index (κ3) is 37.0. The first kappa shape index (κ1) is 93.5. The van der Waals surface area contributed by atoms with Gasteiger partial charge < -0.3 is 119 Å². The summed E-state index contributed by atoms with van der Waals surface area (Å²) in [7, 11) is 0. The number of nitrogens with one attached hydrogen (secondary N) is 19. The lowest BCUT2D eigenvalue weighted by atomic mass is 9.96. The van der Waals surface area contributed by atoms with Crippen molar-refractivity contribution in [3.8, 4) is 5.75 Å². The molecule has 593 valence electrons. The summed E-state index contributed by atoms with van der Waals surface area (Å²) in [4.78, 5) is 178. The molecular formula is C65H103I2N24O15S. The van der Waals surface area contributed by atoms with Gasteiger partial charge in [0.15, 0.2) is 23.8 Å². The summed E-state index contributed by atoms with van der Waals surface area (Å²) in [6, 6.07) is -2.54. The second-order valence-electron chi connectivity index (χ2n) is 25.0. The molecule has 12 atom stereocenters. The molecule has 0 spiro atoms. The molecule has 11 amide bonds.